The smallest absolute Gasteiger partial charge is 0.344 e. The summed E-state index contributed by atoms with van der Waals surface area (Å²) in [4.78, 5) is 13.9. The van der Waals surface area contributed by atoms with Gasteiger partial charge < -0.3 is 15.2 Å². The molecule has 0 aliphatic rings. The van der Waals surface area contributed by atoms with Crippen molar-refractivity contribution in [3.05, 3.63) is 16.0 Å². The Labute approximate surface area is 107 Å². The van der Waals surface area contributed by atoms with Gasteiger partial charge in [0.25, 0.3) is 0 Å². The number of carboxylic acids is 1. The van der Waals surface area contributed by atoms with Gasteiger partial charge in [-0.1, -0.05) is 23.2 Å². The molecule has 94 valence electrons. The maximum absolute atomic E-state index is 13.3. The topological polar surface area (TPSA) is 71.5 Å². The average Bonchev–Trinajstić information content (AvgIpc) is 2.26. The summed E-state index contributed by atoms with van der Waals surface area (Å²) in [6.45, 7) is 1.27. The lowest BCUT2D eigenvalue weighted by molar-refractivity contribution is -0.144. The standard InChI is InChI=1S/C9H9Cl2FN2O3/c1-3(9(15)16)17-8-5(11)6(13-2)4(10)7(12)14-8/h3H,1-2H3,(H,13,14)(H,15,16). The minimum atomic E-state index is -1.22. The molecule has 2 N–H and O–H groups in total. The van der Waals surface area contributed by atoms with Gasteiger partial charge in [0.1, 0.15) is 10.0 Å². The fraction of sp³-hybridized carbons (Fsp3) is 0.333. The quantitative estimate of drug-likeness (QED) is 0.830. The average molecular weight is 283 g/mol. The molecular formula is C9H9Cl2FN2O3. The van der Waals surface area contributed by atoms with Gasteiger partial charge in [0.05, 0.1) is 5.69 Å². The second kappa shape index (κ2) is 5.37. The highest BCUT2D eigenvalue weighted by Gasteiger charge is 2.21. The van der Waals surface area contributed by atoms with Crippen LogP contribution in [0.15, 0.2) is 0 Å². The molecule has 8 heteroatoms. The molecule has 0 amide bonds. The number of rotatable bonds is 4. The van der Waals surface area contributed by atoms with Gasteiger partial charge in [0.15, 0.2) is 6.10 Å². The first-order valence-corrected chi connectivity index (χ1v) is 5.25. The van der Waals surface area contributed by atoms with E-state index in [2.05, 4.69) is 10.3 Å². The van der Waals surface area contributed by atoms with E-state index in [9.17, 15) is 9.18 Å². The van der Waals surface area contributed by atoms with Gasteiger partial charge >= 0.3 is 5.97 Å². The molecule has 5 nitrogen and oxygen atoms in total. The van der Waals surface area contributed by atoms with Crippen LogP contribution in [0.5, 0.6) is 5.88 Å². The first-order chi connectivity index (χ1) is 7.88. The molecule has 0 aliphatic heterocycles. The molecule has 0 bridgehead atoms. The van der Waals surface area contributed by atoms with Crippen molar-refractivity contribution in [2.45, 2.75) is 13.0 Å². The van der Waals surface area contributed by atoms with Crippen LogP contribution in [0.3, 0.4) is 0 Å². The number of nitrogens with zero attached hydrogens (tertiary/aromatic N) is 1. The van der Waals surface area contributed by atoms with Crippen molar-refractivity contribution >= 4 is 34.9 Å². The van der Waals surface area contributed by atoms with Gasteiger partial charge in [-0.25, -0.2) is 4.79 Å². The first-order valence-electron chi connectivity index (χ1n) is 4.50. The summed E-state index contributed by atoms with van der Waals surface area (Å²) >= 11 is 11.5. The van der Waals surface area contributed by atoms with Crippen LogP contribution < -0.4 is 10.1 Å². The third-order valence-corrected chi connectivity index (χ3v) is 2.59. The van der Waals surface area contributed by atoms with E-state index in [0.717, 1.165) is 0 Å². The first kappa shape index (κ1) is 13.8. The van der Waals surface area contributed by atoms with Crippen LogP contribution in [0.2, 0.25) is 10.0 Å². The molecule has 1 rings (SSSR count). The third kappa shape index (κ3) is 2.89. The Morgan fingerprint density at radius 1 is 1.53 bits per heavy atom. The number of pyridine rings is 1. The zero-order valence-electron chi connectivity index (χ0n) is 8.92. The van der Waals surface area contributed by atoms with Gasteiger partial charge in [-0.15, -0.1) is 0 Å². The van der Waals surface area contributed by atoms with Crippen LogP contribution in [0.1, 0.15) is 6.92 Å². The van der Waals surface area contributed by atoms with Crippen molar-refractivity contribution in [2.75, 3.05) is 12.4 Å². The number of hydrogen-bond acceptors (Lipinski definition) is 4. The predicted octanol–water partition coefficient (Wildman–Crippen LogP) is 2.42. The molecule has 0 spiro atoms. The second-order valence-corrected chi connectivity index (χ2v) is 3.81. The molecule has 17 heavy (non-hydrogen) atoms. The van der Waals surface area contributed by atoms with Crippen molar-refractivity contribution in [3.8, 4) is 5.88 Å². The van der Waals surface area contributed by atoms with Gasteiger partial charge in [0, 0.05) is 7.05 Å². The summed E-state index contributed by atoms with van der Waals surface area (Å²) < 4.78 is 18.2. The van der Waals surface area contributed by atoms with Gasteiger partial charge in [0.2, 0.25) is 11.8 Å². The van der Waals surface area contributed by atoms with E-state index in [1.807, 2.05) is 0 Å². The third-order valence-electron chi connectivity index (χ3n) is 1.89. The zero-order valence-corrected chi connectivity index (χ0v) is 10.4. The number of ether oxygens (including phenoxy) is 1. The van der Waals surface area contributed by atoms with Crippen LogP contribution in [-0.2, 0) is 4.79 Å². The van der Waals surface area contributed by atoms with Crippen molar-refractivity contribution < 1.29 is 19.0 Å². The molecule has 0 saturated carbocycles. The Kier molecular flexibility index (Phi) is 4.36. The van der Waals surface area contributed by atoms with E-state index >= 15 is 0 Å². The second-order valence-electron chi connectivity index (χ2n) is 3.06. The number of halogens is 3. The van der Waals surface area contributed by atoms with Gasteiger partial charge in [-0.3, -0.25) is 0 Å². The number of carboxylic acid groups (broad SMARTS) is 1. The fourth-order valence-corrected chi connectivity index (χ4v) is 1.56. The van der Waals surface area contributed by atoms with Crippen molar-refractivity contribution in [3.63, 3.8) is 0 Å². The van der Waals surface area contributed by atoms with Crippen LogP contribution >= 0.6 is 23.2 Å². The number of aliphatic carboxylic acids is 1. The van der Waals surface area contributed by atoms with Crippen LogP contribution in [0, 0.1) is 5.95 Å². The molecule has 0 fully saturated rings. The van der Waals surface area contributed by atoms with E-state index in [4.69, 9.17) is 33.0 Å². The molecule has 1 heterocycles. The normalized spacial score (nSPS) is 12.1. The molecule has 1 atom stereocenters. The highest BCUT2D eigenvalue weighted by Crippen LogP contribution is 2.37. The molecule has 0 aromatic carbocycles. The fourth-order valence-electron chi connectivity index (χ4n) is 1.01. The van der Waals surface area contributed by atoms with Crippen LogP contribution in [0.4, 0.5) is 10.1 Å². The zero-order chi connectivity index (χ0) is 13.2. The maximum Gasteiger partial charge on any atom is 0.344 e. The Morgan fingerprint density at radius 2 is 2.12 bits per heavy atom. The summed E-state index contributed by atoms with van der Waals surface area (Å²) in [6, 6.07) is 0. The summed E-state index contributed by atoms with van der Waals surface area (Å²) in [5.74, 6) is -2.54. The minimum Gasteiger partial charge on any atom is -0.479 e. The summed E-state index contributed by atoms with van der Waals surface area (Å²) in [5, 5.41) is 10.9. The Bertz CT molecular complexity index is 456. The Morgan fingerprint density at radius 3 is 2.59 bits per heavy atom. The van der Waals surface area contributed by atoms with Crippen molar-refractivity contribution in [1.29, 1.82) is 0 Å². The van der Waals surface area contributed by atoms with E-state index in [-0.39, 0.29) is 21.6 Å². The lowest BCUT2D eigenvalue weighted by Crippen LogP contribution is -2.23. The minimum absolute atomic E-state index is 0.0769. The van der Waals surface area contributed by atoms with Crippen LogP contribution in [-0.4, -0.2) is 29.2 Å². The molecular weight excluding hydrogens is 274 g/mol. The molecule has 0 radical (unpaired) electrons. The largest absolute Gasteiger partial charge is 0.479 e. The summed E-state index contributed by atoms with van der Waals surface area (Å²) in [7, 11) is 1.48. The number of carbonyl (C=O) groups is 1. The maximum atomic E-state index is 13.3. The number of nitrogens with one attached hydrogen (secondary N) is 1. The lowest BCUT2D eigenvalue weighted by atomic mass is 10.3. The van der Waals surface area contributed by atoms with Crippen molar-refractivity contribution in [1.82, 2.24) is 4.98 Å². The van der Waals surface area contributed by atoms with Gasteiger partial charge in [-0.2, -0.15) is 9.37 Å². The lowest BCUT2D eigenvalue weighted by Gasteiger charge is -2.14. The van der Waals surface area contributed by atoms with Crippen molar-refractivity contribution in [2.24, 2.45) is 0 Å². The SMILES string of the molecule is CNc1c(Cl)c(F)nc(OC(C)C(=O)O)c1Cl. The van der Waals surface area contributed by atoms with Crippen LogP contribution in [0.25, 0.3) is 0 Å². The molecule has 0 aliphatic carbocycles. The molecule has 1 aromatic rings. The van der Waals surface area contributed by atoms with Gasteiger partial charge in [-0.05, 0) is 6.92 Å². The van der Waals surface area contributed by atoms with E-state index in [0.29, 0.717) is 0 Å². The number of hydrogen-bond donors (Lipinski definition) is 2. The van der Waals surface area contributed by atoms with E-state index < -0.39 is 18.0 Å². The molecule has 1 unspecified atom stereocenters. The Balaban J connectivity index is 3.17. The number of anilines is 1. The molecule has 0 saturated heterocycles. The van der Waals surface area contributed by atoms with E-state index in [1.54, 1.807) is 0 Å². The highest BCUT2D eigenvalue weighted by atomic mass is 35.5. The monoisotopic (exact) mass is 282 g/mol. The summed E-state index contributed by atoms with van der Waals surface area (Å²) in [6.07, 6.45) is -1.20. The highest BCUT2D eigenvalue weighted by molar-refractivity contribution is 6.39. The predicted molar refractivity (Wildman–Crippen MR) is 61.5 cm³/mol. The number of aromatic nitrogens is 1. The molecule has 1 aromatic heterocycles. The summed E-state index contributed by atoms with van der Waals surface area (Å²) in [5.41, 5.74) is 0.0911. The Hall–Kier alpha value is -1.27. The van der Waals surface area contributed by atoms with E-state index in [1.165, 1.54) is 14.0 Å².